The average molecular weight is 402 g/mol. The van der Waals surface area contributed by atoms with Gasteiger partial charge in [-0.3, -0.25) is 4.79 Å². The number of carbonyl (C=O) groups is 2. The molecule has 0 bridgehead atoms. The van der Waals surface area contributed by atoms with Crippen molar-refractivity contribution in [3.63, 3.8) is 0 Å². The summed E-state index contributed by atoms with van der Waals surface area (Å²) in [5.74, 6) is -1.38. The maximum Gasteiger partial charge on any atom is 0.418 e. The predicted molar refractivity (Wildman–Crippen MR) is 92.6 cm³/mol. The molecule has 0 unspecified atom stereocenters. The molecule has 0 saturated carbocycles. The molecule has 0 saturated heterocycles. The molecular weight excluding hydrogens is 387 g/mol. The Bertz CT molecular complexity index is 809. The SMILES string of the molecule is C[C@H](OC(=O)COc1ccc(Cl)cc1)C(=O)Nc1ccccc1C(F)(F)F. The second kappa shape index (κ2) is 8.77. The quantitative estimate of drug-likeness (QED) is 0.733. The van der Waals surface area contributed by atoms with E-state index < -0.39 is 42.0 Å². The summed E-state index contributed by atoms with van der Waals surface area (Å²) in [7, 11) is 0. The second-order valence-electron chi connectivity index (χ2n) is 5.41. The first-order chi connectivity index (χ1) is 12.7. The van der Waals surface area contributed by atoms with Crippen molar-refractivity contribution < 1.29 is 32.2 Å². The third-order valence-electron chi connectivity index (χ3n) is 3.34. The van der Waals surface area contributed by atoms with Gasteiger partial charge in [0.25, 0.3) is 5.91 Å². The molecule has 1 atom stereocenters. The Morgan fingerprint density at radius 3 is 2.37 bits per heavy atom. The minimum Gasteiger partial charge on any atom is -0.482 e. The molecule has 9 heteroatoms. The predicted octanol–water partition coefficient (Wildman–Crippen LogP) is 4.31. The van der Waals surface area contributed by atoms with Crippen molar-refractivity contribution in [2.24, 2.45) is 0 Å². The van der Waals surface area contributed by atoms with E-state index >= 15 is 0 Å². The van der Waals surface area contributed by atoms with Crippen molar-refractivity contribution in [2.75, 3.05) is 11.9 Å². The van der Waals surface area contributed by atoms with E-state index in [2.05, 4.69) is 5.32 Å². The van der Waals surface area contributed by atoms with Gasteiger partial charge in [0.05, 0.1) is 11.3 Å². The first kappa shape index (κ1) is 20.6. The highest BCUT2D eigenvalue weighted by atomic mass is 35.5. The number of alkyl halides is 3. The van der Waals surface area contributed by atoms with Crippen molar-refractivity contribution in [3.05, 3.63) is 59.1 Å². The van der Waals surface area contributed by atoms with E-state index in [1.807, 2.05) is 0 Å². The van der Waals surface area contributed by atoms with Gasteiger partial charge in [0.1, 0.15) is 5.75 Å². The van der Waals surface area contributed by atoms with Crippen molar-refractivity contribution in [2.45, 2.75) is 19.2 Å². The number of hydrogen-bond acceptors (Lipinski definition) is 4. The molecule has 144 valence electrons. The topological polar surface area (TPSA) is 64.6 Å². The van der Waals surface area contributed by atoms with E-state index in [0.717, 1.165) is 12.1 Å². The van der Waals surface area contributed by atoms with E-state index in [1.54, 1.807) is 24.3 Å². The summed E-state index contributed by atoms with van der Waals surface area (Å²) in [6.07, 6.45) is -5.94. The molecule has 0 aliphatic carbocycles. The van der Waals surface area contributed by atoms with Gasteiger partial charge in [-0.2, -0.15) is 13.2 Å². The van der Waals surface area contributed by atoms with Gasteiger partial charge in [0, 0.05) is 5.02 Å². The van der Waals surface area contributed by atoms with Crippen molar-refractivity contribution in [3.8, 4) is 5.75 Å². The number of para-hydroxylation sites is 1. The van der Waals surface area contributed by atoms with E-state index in [9.17, 15) is 22.8 Å². The van der Waals surface area contributed by atoms with Crippen molar-refractivity contribution in [1.29, 1.82) is 0 Å². The molecule has 0 spiro atoms. The van der Waals surface area contributed by atoms with Gasteiger partial charge in [0.2, 0.25) is 0 Å². The normalized spacial score (nSPS) is 12.2. The molecule has 0 aromatic heterocycles. The zero-order valence-corrected chi connectivity index (χ0v) is 14.8. The number of nitrogens with one attached hydrogen (secondary N) is 1. The Labute approximate surface area is 158 Å². The second-order valence-corrected chi connectivity index (χ2v) is 5.84. The van der Waals surface area contributed by atoms with Crippen molar-refractivity contribution in [1.82, 2.24) is 0 Å². The molecule has 1 amide bonds. The molecule has 2 aromatic rings. The van der Waals surface area contributed by atoms with Crippen LogP contribution in [0.2, 0.25) is 5.02 Å². The van der Waals surface area contributed by atoms with Crippen LogP contribution >= 0.6 is 11.6 Å². The van der Waals surface area contributed by atoms with Crippen LogP contribution in [0.3, 0.4) is 0 Å². The lowest BCUT2D eigenvalue weighted by molar-refractivity contribution is -0.155. The summed E-state index contributed by atoms with van der Waals surface area (Å²) in [6.45, 7) is 0.768. The molecule has 5 nitrogen and oxygen atoms in total. The summed E-state index contributed by atoms with van der Waals surface area (Å²) < 4.78 is 48.8. The van der Waals surface area contributed by atoms with Crippen LogP contribution in [-0.4, -0.2) is 24.6 Å². The number of hydrogen-bond donors (Lipinski definition) is 1. The lowest BCUT2D eigenvalue weighted by Gasteiger charge is -2.17. The molecule has 0 fully saturated rings. The maximum absolute atomic E-state index is 12.9. The van der Waals surface area contributed by atoms with E-state index in [4.69, 9.17) is 21.1 Å². The van der Waals surface area contributed by atoms with Crippen LogP contribution in [0.15, 0.2) is 48.5 Å². The third kappa shape index (κ3) is 6.18. The number of rotatable bonds is 6. The summed E-state index contributed by atoms with van der Waals surface area (Å²) in [5.41, 5.74) is -1.42. The average Bonchev–Trinajstić information content (AvgIpc) is 2.60. The Morgan fingerprint density at radius 1 is 1.11 bits per heavy atom. The van der Waals surface area contributed by atoms with Crippen LogP contribution in [-0.2, 0) is 20.5 Å². The number of carbonyl (C=O) groups excluding carboxylic acids is 2. The lowest BCUT2D eigenvalue weighted by Crippen LogP contribution is -2.32. The van der Waals surface area contributed by atoms with Gasteiger partial charge in [-0.25, -0.2) is 4.79 Å². The monoisotopic (exact) mass is 401 g/mol. The fraction of sp³-hybridized carbons (Fsp3) is 0.222. The van der Waals surface area contributed by atoms with Gasteiger partial charge < -0.3 is 14.8 Å². The molecule has 0 aliphatic rings. The summed E-state index contributed by atoms with van der Waals surface area (Å²) in [5, 5.41) is 2.61. The first-order valence-electron chi connectivity index (χ1n) is 7.72. The van der Waals surface area contributed by atoms with Gasteiger partial charge >= 0.3 is 12.1 Å². The maximum atomic E-state index is 12.9. The smallest absolute Gasteiger partial charge is 0.418 e. The van der Waals surface area contributed by atoms with Crippen LogP contribution in [0.25, 0.3) is 0 Å². The number of esters is 1. The van der Waals surface area contributed by atoms with Gasteiger partial charge in [0.15, 0.2) is 12.7 Å². The zero-order chi connectivity index (χ0) is 20.0. The number of anilines is 1. The van der Waals surface area contributed by atoms with Crippen LogP contribution in [0.5, 0.6) is 5.75 Å². The van der Waals surface area contributed by atoms with Crippen molar-refractivity contribution >= 4 is 29.2 Å². The molecule has 27 heavy (non-hydrogen) atoms. The summed E-state index contributed by atoms with van der Waals surface area (Å²) in [6, 6.07) is 10.7. The minimum atomic E-state index is -4.63. The highest BCUT2D eigenvalue weighted by molar-refractivity contribution is 6.30. The molecular formula is C18H15ClF3NO4. The Kier molecular flexibility index (Phi) is 6.68. The Morgan fingerprint density at radius 2 is 1.74 bits per heavy atom. The van der Waals surface area contributed by atoms with E-state index in [1.165, 1.54) is 19.1 Å². The number of ether oxygens (including phenoxy) is 2. The van der Waals surface area contributed by atoms with Crippen LogP contribution in [0, 0.1) is 0 Å². The minimum absolute atomic E-state index is 0.368. The van der Waals surface area contributed by atoms with Gasteiger partial charge in [-0.15, -0.1) is 0 Å². The first-order valence-corrected chi connectivity index (χ1v) is 8.09. The number of benzene rings is 2. The van der Waals surface area contributed by atoms with Crippen LogP contribution in [0.4, 0.5) is 18.9 Å². The van der Waals surface area contributed by atoms with E-state index in [0.29, 0.717) is 10.8 Å². The Balaban J connectivity index is 1.90. The molecule has 1 N–H and O–H groups in total. The number of halogens is 4. The van der Waals surface area contributed by atoms with Gasteiger partial charge in [-0.05, 0) is 43.3 Å². The fourth-order valence-corrected chi connectivity index (χ4v) is 2.16. The molecule has 0 heterocycles. The number of amides is 1. The fourth-order valence-electron chi connectivity index (χ4n) is 2.03. The van der Waals surface area contributed by atoms with Crippen LogP contribution in [0.1, 0.15) is 12.5 Å². The van der Waals surface area contributed by atoms with Crippen LogP contribution < -0.4 is 10.1 Å². The Hall–Kier alpha value is -2.74. The largest absolute Gasteiger partial charge is 0.482 e. The zero-order valence-electron chi connectivity index (χ0n) is 14.0. The summed E-state index contributed by atoms with van der Waals surface area (Å²) >= 11 is 5.72. The highest BCUT2D eigenvalue weighted by Crippen LogP contribution is 2.34. The summed E-state index contributed by atoms with van der Waals surface area (Å²) in [4.78, 5) is 23.8. The molecule has 0 aliphatic heterocycles. The third-order valence-corrected chi connectivity index (χ3v) is 3.59. The molecule has 2 rings (SSSR count). The van der Waals surface area contributed by atoms with E-state index in [-0.39, 0.29) is 0 Å². The van der Waals surface area contributed by atoms with Gasteiger partial charge in [-0.1, -0.05) is 23.7 Å². The standard InChI is InChI=1S/C18H15ClF3NO4/c1-11(27-16(24)10-26-13-8-6-12(19)7-9-13)17(25)23-15-5-3-2-4-14(15)18(20,21)22/h2-9,11H,10H2,1H3,(H,23,25)/t11-/m0/s1. The lowest BCUT2D eigenvalue weighted by atomic mass is 10.1. The molecule has 0 radical (unpaired) electrons. The highest BCUT2D eigenvalue weighted by Gasteiger charge is 2.34. The molecule has 2 aromatic carbocycles.